The van der Waals surface area contributed by atoms with Gasteiger partial charge in [-0.15, -0.1) is 0 Å². The zero-order chi connectivity index (χ0) is 8.27. The number of carbonyl (C=O) groups is 1. The van der Waals surface area contributed by atoms with Crippen LogP contribution in [-0.2, 0) is 4.79 Å². The molecule has 1 atom stereocenters. The summed E-state index contributed by atoms with van der Waals surface area (Å²) in [4.78, 5) is 11.1. The molecule has 0 N–H and O–H groups in total. The minimum Gasteiger partial charge on any atom is -0.300 e. The van der Waals surface area contributed by atoms with Crippen LogP contribution in [0.3, 0.4) is 0 Å². The molecule has 0 aromatic rings. The fourth-order valence-electron chi connectivity index (χ4n) is 1.98. The van der Waals surface area contributed by atoms with Crippen LogP contribution in [0, 0.1) is 11.8 Å². The molecule has 0 saturated heterocycles. The molecule has 1 heteroatoms. The third-order valence-corrected chi connectivity index (χ3v) is 2.39. The highest BCUT2D eigenvalue weighted by Crippen LogP contribution is 2.26. The molecule has 0 amide bonds. The molecule has 1 fully saturated rings. The van der Waals surface area contributed by atoms with Crippen molar-refractivity contribution in [2.45, 2.75) is 46.0 Å². The van der Waals surface area contributed by atoms with Crippen LogP contribution in [0.15, 0.2) is 0 Å². The standard InChI is InChI=1S/C10H18O/c1-8(2)6-9-4-3-5-10(11)7-9/h8-9H,3-7H2,1-2H3/t9-/m1/s1. The molecule has 1 nitrogen and oxygen atoms in total. The van der Waals surface area contributed by atoms with Crippen molar-refractivity contribution in [2.24, 2.45) is 11.8 Å². The summed E-state index contributed by atoms with van der Waals surface area (Å²) in [7, 11) is 0. The summed E-state index contributed by atoms with van der Waals surface area (Å²) in [6.07, 6.45) is 5.36. The third-order valence-electron chi connectivity index (χ3n) is 2.39. The maximum absolute atomic E-state index is 11.1. The van der Waals surface area contributed by atoms with Crippen LogP contribution in [0.1, 0.15) is 46.0 Å². The lowest BCUT2D eigenvalue weighted by Crippen LogP contribution is -2.16. The first-order valence-electron chi connectivity index (χ1n) is 4.70. The van der Waals surface area contributed by atoms with Crippen molar-refractivity contribution in [3.8, 4) is 0 Å². The van der Waals surface area contributed by atoms with Gasteiger partial charge in [0.2, 0.25) is 0 Å². The van der Waals surface area contributed by atoms with Crippen molar-refractivity contribution in [1.82, 2.24) is 0 Å². The van der Waals surface area contributed by atoms with Gasteiger partial charge in [0.25, 0.3) is 0 Å². The van der Waals surface area contributed by atoms with E-state index < -0.39 is 0 Å². The number of ketones is 1. The summed E-state index contributed by atoms with van der Waals surface area (Å²) in [5.41, 5.74) is 0. The lowest BCUT2D eigenvalue weighted by atomic mass is 9.83. The van der Waals surface area contributed by atoms with E-state index in [1.165, 1.54) is 12.8 Å². The van der Waals surface area contributed by atoms with Crippen LogP contribution in [-0.4, -0.2) is 5.78 Å². The number of rotatable bonds is 2. The molecule has 0 heterocycles. The molecule has 1 rings (SSSR count). The molecular formula is C10H18O. The number of carbonyl (C=O) groups excluding carboxylic acids is 1. The highest BCUT2D eigenvalue weighted by molar-refractivity contribution is 5.79. The maximum atomic E-state index is 11.1. The Morgan fingerprint density at radius 1 is 1.55 bits per heavy atom. The van der Waals surface area contributed by atoms with Gasteiger partial charge in [-0.1, -0.05) is 13.8 Å². The van der Waals surface area contributed by atoms with E-state index in [0.717, 1.165) is 25.2 Å². The second kappa shape index (κ2) is 3.89. The van der Waals surface area contributed by atoms with Gasteiger partial charge in [0, 0.05) is 12.8 Å². The van der Waals surface area contributed by atoms with Crippen LogP contribution in [0.4, 0.5) is 0 Å². The molecule has 0 aromatic carbocycles. The van der Waals surface area contributed by atoms with Crippen LogP contribution in [0.5, 0.6) is 0 Å². The van der Waals surface area contributed by atoms with E-state index in [9.17, 15) is 4.79 Å². The molecule has 11 heavy (non-hydrogen) atoms. The molecule has 0 aliphatic heterocycles. The van der Waals surface area contributed by atoms with E-state index in [0.29, 0.717) is 11.7 Å². The van der Waals surface area contributed by atoms with Gasteiger partial charge in [0.15, 0.2) is 0 Å². The van der Waals surface area contributed by atoms with Gasteiger partial charge in [0.05, 0.1) is 0 Å². The first kappa shape index (κ1) is 8.76. The lowest BCUT2D eigenvalue weighted by Gasteiger charge is -2.21. The summed E-state index contributed by atoms with van der Waals surface area (Å²) in [6, 6.07) is 0. The van der Waals surface area contributed by atoms with Gasteiger partial charge in [-0.2, -0.15) is 0 Å². The molecule has 0 bridgehead atoms. The maximum Gasteiger partial charge on any atom is 0.133 e. The summed E-state index contributed by atoms with van der Waals surface area (Å²) in [5.74, 6) is 1.95. The zero-order valence-corrected chi connectivity index (χ0v) is 7.60. The lowest BCUT2D eigenvalue weighted by molar-refractivity contribution is -0.121. The van der Waals surface area contributed by atoms with E-state index in [4.69, 9.17) is 0 Å². The Bertz CT molecular complexity index is 138. The average molecular weight is 154 g/mol. The second-order valence-corrected chi connectivity index (χ2v) is 4.13. The molecule has 0 aromatic heterocycles. The zero-order valence-electron chi connectivity index (χ0n) is 7.60. The Labute approximate surface area is 69.2 Å². The Kier molecular flexibility index (Phi) is 3.10. The Hall–Kier alpha value is -0.330. The summed E-state index contributed by atoms with van der Waals surface area (Å²) in [5, 5.41) is 0. The van der Waals surface area contributed by atoms with Crippen molar-refractivity contribution < 1.29 is 4.79 Å². The van der Waals surface area contributed by atoms with Crippen molar-refractivity contribution in [2.75, 3.05) is 0 Å². The summed E-state index contributed by atoms with van der Waals surface area (Å²) < 4.78 is 0. The molecule has 1 saturated carbocycles. The second-order valence-electron chi connectivity index (χ2n) is 4.13. The largest absolute Gasteiger partial charge is 0.300 e. The van der Waals surface area contributed by atoms with E-state index in [1.54, 1.807) is 0 Å². The molecule has 0 spiro atoms. The number of hydrogen-bond donors (Lipinski definition) is 0. The fourth-order valence-corrected chi connectivity index (χ4v) is 1.98. The van der Waals surface area contributed by atoms with Crippen molar-refractivity contribution >= 4 is 5.78 Å². The third kappa shape index (κ3) is 3.04. The van der Waals surface area contributed by atoms with Gasteiger partial charge in [-0.05, 0) is 31.1 Å². The van der Waals surface area contributed by atoms with E-state index in [-0.39, 0.29) is 0 Å². The summed E-state index contributed by atoms with van der Waals surface area (Å²) in [6.45, 7) is 4.47. The van der Waals surface area contributed by atoms with Gasteiger partial charge in [0.1, 0.15) is 5.78 Å². The molecule has 0 unspecified atom stereocenters. The smallest absolute Gasteiger partial charge is 0.133 e. The van der Waals surface area contributed by atoms with Crippen LogP contribution in [0.2, 0.25) is 0 Å². The van der Waals surface area contributed by atoms with Crippen LogP contribution in [0.25, 0.3) is 0 Å². The fraction of sp³-hybridized carbons (Fsp3) is 0.900. The Morgan fingerprint density at radius 3 is 2.82 bits per heavy atom. The topological polar surface area (TPSA) is 17.1 Å². The quantitative estimate of drug-likeness (QED) is 0.597. The van der Waals surface area contributed by atoms with Crippen molar-refractivity contribution in [3.05, 3.63) is 0 Å². The van der Waals surface area contributed by atoms with Crippen LogP contribution < -0.4 is 0 Å². The molecule has 1 aliphatic carbocycles. The predicted molar refractivity (Wildman–Crippen MR) is 46.4 cm³/mol. The van der Waals surface area contributed by atoms with Gasteiger partial charge in [-0.3, -0.25) is 4.79 Å². The molecule has 1 aliphatic rings. The number of Topliss-reactive ketones (excluding diaryl/α,β-unsaturated/α-hetero) is 1. The molecule has 0 radical (unpaired) electrons. The van der Waals surface area contributed by atoms with E-state index in [2.05, 4.69) is 13.8 Å². The van der Waals surface area contributed by atoms with Gasteiger partial charge >= 0.3 is 0 Å². The first-order chi connectivity index (χ1) is 5.18. The highest BCUT2D eigenvalue weighted by atomic mass is 16.1. The van der Waals surface area contributed by atoms with Gasteiger partial charge in [-0.25, -0.2) is 0 Å². The Morgan fingerprint density at radius 2 is 2.27 bits per heavy atom. The normalized spacial score (nSPS) is 26.1. The molecular weight excluding hydrogens is 136 g/mol. The van der Waals surface area contributed by atoms with Crippen LogP contribution >= 0.6 is 0 Å². The highest BCUT2D eigenvalue weighted by Gasteiger charge is 2.19. The first-order valence-corrected chi connectivity index (χ1v) is 4.70. The van der Waals surface area contributed by atoms with E-state index in [1.807, 2.05) is 0 Å². The minimum absolute atomic E-state index is 0.488. The Balaban J connectivity index is 2.28. The SMILES string of the molecule is CC(C)C[C@H]1CCCC(=O)C1. The number of hydrogen-bond acceptors (Lipinski definition) is 1. The molecule has 64 valence electrons. The van der Waals surface area contributed by atoms with E-state index >= 15 is 0 Å². The minimum atomic E-state index is 0.488. The summed E-state index contributed by atoms with van der Waals surface area (Å²) >= 11 is 0. The monoisotopic (exact) mass is 154 g/mol. The average Bonchev–Trinajstić information content (AvgIpc) is 1.85. The van der Waals surface area contributed by atoms with Crippen molar-refractivity contribution in [1.29, 1.82) is 0 Å². The van der Waals surface area contributed by atoms with Crippen molar-refractivity contribution in [3.63, 3.8) is 0 Å². The van der Waals surface area contributed by atoms with Gasteiger partial charge < -0.3 is 0 Å². The predicted octanol–water partition coefficient (Wildman–Crippen LogP) is 2.79.